The van der Waals surface area contributed by atoms with E-state index in [0.717, 1.165) is 16.7 Å². The number of likely N-dealkylation sites (tertiary alicyclic amines) is 1. The van der Waals surface area contributed by atoms with Gasteiger partial charge >= 0.3 is 0 Å². The molecule has 2 fully saturated rings. The van der Waals surface area contributed by atoms with Crippen LogP contribution < -0.4 is 0 Å². The molecule has 0 aromatic carbocycles. The number of carbonyl (C=O) groups is 3. The van der Waals surface area contributed by atoms with Gasteiger partial charge in [0.15, 0.2) is 0 Å². The van der Waals surface area contributed by atoms with Crippen LogP contribution >= 0.6 is 23.5 Å². The lowest BCUT2D eigenvalue weighted by molar-refractivity contribution is -0.139. The Morgan fingerprint density at radius 2 is 2.05 bits per heavy atom. The number of hydrogen-bond acceptors (Lipinski definition) is 6. The van der Waals surface area contributed by atoms with Gasteiger partial charge in [-0.1, -0.05) is 11.8 Å². The molecule has 3 heterocycles. The van der Waals surface area contributed by atoms with Crippen LogP contribution in [0, 0.1) is 0 Å². The largest absolute Gasteiger partial charge is 0.338 e. The summed E-state index contributed by atoms with van der Waals surface area (Å²) in [5, 5.41) is -0.191. The van der Waals surface area contributed by atoms with Crippen molar-refractivity contribution in [2.24, 2.45) is 0 Å². The van der Waals surface area contributed by atoms with E-state index in [-0.39, 0.29) is 28.8 Å². The highest BCUT2D eigenvalue weighted by Crippen LogP contribution is 2.27. The van der Waals surface area contributed by atoms with Gasteiger partial charge in [-0.2, -0.15) is 0 Å². The molecule has 110 valence electrons. The van der Waals surface area contributed by atoms with Crippen molar-refractivity contribution in [3.05, 3.63) is 24.5 Å². The molecule has 0 aliphatic carbocycles. The minimum Gasteiger partial charge on any atom is -0.338 e. The Hall–Kier alpha value is -1.54. The Morgan fingerprint density at radius 1 is 1.33 bits per heavy atom. The number of imide groups is 1. The van der Waals surface area contributed by atoms with Crippen molar-refractivity contribution >= 4 is 40.6 Å². The monoisotopic (exact) mass is 323 g/mol. The van der Waals surface area contributed by atoms with Crippen LogP contribution in [0.2, 0.25) is 0 Å². The van der Waals surface area contributed by atoms with E-state index in [1.54, 1.807) is 17.3 Å². The van der Waals surface area contributed by atoms with E-state index in [4.69, 9.17) is 0 Å². The summed E-state index contributed by atoms with van der Waals surface area (Å²) in [7, 11) is 0. The molecule has 8 heteroatoms. The van der Waals surface area contributed by atoms with Crippen molar-refractivity contribution < 1.29 is 14.4 Å². The van der Waals surface area contributed by atoms with Gasteiger partial charge in [0.05, 0.1) is 17.5 Å². The van der Waals surface area contributed by atoms with Crippen LogP contribution in [0.1, 0.15) is 0 Å². The summed E-state index contributed by atoms with van der Waals surface area (Å²) in [5.74, 6) is 0.460. The number of carbonyl (C=O) groups excluding carboxylic acids is 3. The van der Waals surface area contributed by atoms with E-state index in [1.807, 2.05) is 12.1 Å². The van der Waals surface area contributed by atoms with Crippen molar-refractivity contribution in [1.29, 1.82) is 0 Å². The van der Waals surface area contributed by atoms with Gasteiger partial charge < -0.3 is 4.90 Å². The molecular weight excluding hydrogens is 310 g/mol. The van der Waals surface area contributed by atoms with E-state index >= 15 is 0 Å². The first kappa shape index (κ1) is 14.4. The van der Waals surface area contributed by atoms with Crippen molar-refractivity contribution in [3.63, 3.8) is 0 Å². The first-order valence-electron chi connectivity index (χ1n) is 6.44. The SMILES string of the molecule is O=C(CSc1ccncc1)N1CC(N2C(=O)CSC2=O)C1. The molecule has 6 nitrogen and oxygen atoms in total. The van der Waals surface area contributed by atoms with Crippen LogP contribution in [0.4, 0.5) is 4.79 Å². The van der Waals surface area contributed by atoms with Gasteiger partial charge in [-0.05, 0) is 12.1 Å². The van der Waals surface area contributed by atoms with Crippen molar-refractivity contribution in [2.75, 3.05) is 24.6 Å². The normalized spacial score (nSPS) is 19.0. The summed E-state index contributed by atoms with van der Waals surface area (Å²) < 4.78 is 0. The summed E-state index contributed by atoms with van der Waals surface area (Å²) >= 11 is 2.49. The highest BCUT2D eigenvalue weighted by Gasteiger charge is 2.43. The third-order valence-electron chi connectivity index (χ3n) is 3.38. The molecule has 0 spiro atoms. The maximum Gasteiger partial charge on any atom is 0.289 e. The topological polar surface area (TPSA) is 70.6 Å². The van der Waals surface area contributed by atoms with Crippen molar-refractivity contribution in [2.45, 2.75) is 10.9 Å². The number of hydrogen-bond donors (Lipinski definition) is 0. The number of rotatable bonds is 4. The van der Waals surface area contributed by atoms with Crippen molar-refractivity contribution in [1.82, 2.24) is 14.8 Å². The van der Waals surface area contributed by atoms with Crippen LogP contribution in [-0.4, -0.2) is 62.5 Å². The third-order valence-corrected chi connectivity index (χ3v) is 5.21. The van der Waals surface area contributed by atoms with E-state index < -0.39 is 0 Å². The van der Waals surface area contributed by atoms with Crippen LogP contribution in [0.15, 0.2) is 29.4 Å². The van der Waals surface area contributed by atoms with Gasteiger partial charge in [-0.15, -0.1) is 11.8 Å². The lowest BCUT2D eigenvalue weighted by atomic mass is 10.1. The lowest BCUT2D eigenvalue weighted by Crippen LogP contribution is -2.62. The quantitative estimate of drug-likeness (QED) is 0.772. The number of thioether (sulfide) groups is 2. The molecule has 0 atom stereocenters. The van der Waals surface area contributed by atoms with Gasteiger partial charge in [0.1, 0.15) is 0 Å². The van der Waals surface area contributed by atoms with E-state index in [1.165, 1.54) is 16.7 Å². The summed E-state index contributed by atoms with van der Waals surface area (Å²) in [4.78, 5) is 43.1. The fourth-order valence-corrected chi connectivity index (χ4v) is 3.77. The second-order valence-corrected chi connectivity index (χ2v) is 6.72. The molecule has 0 radical (unpaired) electrons. The van der Waals surface area contributed by atoms with Gasteiger partial charge in [0.2, 0.25) is 11.8 Å². The number of nitrogens with zero attached hydrogens (tertiary/aromatic N) is 3. The predicted octanol–water partition coefficient (Wildman–Crippen LogP) is 1.08. The first-order chi connectivity index (χ1) is 10.1. The minimum absolute atomic E-state index is 0.0276. The van der Waals surface area contributed by atoms with Crippen LogP contribution in [0.25, 0.3) is 0 Å². The molecule has 0 saturated carbocycles. The highest BCUT2D eigenvalue weighted by atomic mass is 32.2. The summed E-state index contributed by atoms with van der Waals surface area (Å²) in [6.45, 7) is 0.904. The molecule has 3 rings (SSSR count). The second-order valence-electron chi connectivity index (χ2n) is 4.74. The smallest absolute Gasteiger partial charge is 0.289 e. The molecule has 3 amide bonds. The predicted molar refractivity (Wildman–Crippen MR) is 80.0 cm³/mol. The molecule has 2 aliphatic rings. The van der Waals surface area contributed by atoms with E-state index in [2.05, 4.69) is 4.98 Å². The molecular formula is C13H13N3O3S2. The third kappa shape index (κ3) is 3.06. The average Bonchev–Trinajstić information content (AvgIpc) is 2.77. The highest BCUT2D eigenvalue weighted by molar-refractivity contribution is 8.14. The molecule has 0 bridgehead atoms. The number of aromatic nitrogens is 1. The summed E-state index contributed by atoms with van der Waals surface area (Å²) in [6, 6.07) is 3.57. The fourth-order valence-electron chi connectivity index (χ4n) is 2.21. The molecule has 21 heavy (non-hydrogen) atoms. The van der Waals surface area contributed by atoms with Crippen LogP contribution in [0.3, 0.4) is 0 Å². The molecule has 1 aromatic rings. The average molecular weight is 323 g/mol. The zero-order valence-electron chi connectivity index (χ0n) is 11.1. The fraction of sp³-hybridized carbons (Fsp3) is 0.385. The van der Waals surface area contributed by atoms with E-state index in [0.29, 0.717) is 18.8 Å². The van der Waals surface area contributed by atoms with Crippen LogP contribution in [-0.2, 0) is 9.59 Å². The summed E-state index contributed by atoms with van der Waals surface area (Å²) in [5.41, 5.74) is 0. The van der Waals surface area contributed by atoms with E-state index in [9.17, 15) is 14.4 Å². The zero-order valence-corrected chi connectivity index (χ0v) is 12.7. The Bertz CT molecular complexity index is 559. The van der Waals surface area contributed by atoms with Crippen molar-refractivity contribution in [3.8, 4) is 0 Å². The Morgan fingerprint density at radius 3 is 2.67 bits per heavy atom. The molecule has 0 unspecified atom stereocenters. The standard InChI is InChI=1S/C13H13N3O3S2/c17-11(7-20-10-1-3-14-4-2-10)15-5-9(6-15)16-12(18)8-21-13(16)19/h1-4,9H,5-8H2. The molecule has 0 N–H and O–H groups in total. The Balaban J connectivity index is 1.46. The van der Waals surface area contributed by atoms with Crippen LogP contribution in [0.5, 0.6) is 0 Å². The van der Waals surface area contributed by atoms with Gasteiger partial charge in [0, 0.05) is 30.4 Å². The Kier molecular flexibility index (Phi) is 4.16. The zero-order chi connectivity index (χ0) is 14.8. The maximum atomic E-state index is 12.0. The lowest BCUT2D eigenvalue weighted by Gasteiger charge is -2.42. The minimum atomic E-state index is -0.191. The maximum absolute atomic E-state index is 12.0. The van der Waals surface area contributed by atoms with Gasteiger partial charge in [-0.25, -0.2) is 0 Å². The second kappa shape index (κ2) is 6.07. The number of amides is 3. The molecule has 2 saturated heterocycles. The van der Waals surface area contributed by atoms with Gasteiger partial charge in [-0.3, -0.25) is 24.3 Å². The number of pyridine rings is 1. The summed E-state index contributed by atoms with van der Waals surface area (Å²) in [6.07, 6.45) is 3.38. The molecule has 1 aromatic heterocycles. The molecule has 2 aliphatic heterocycles. The Labute approximate surface area is 130 Å². The first-order valence-corrected chi connectivity index (χ1v) is 8.41. The van der Waals surface area contributed by atoms with Gasteiger partial charge in [0.25, 0.3) is 5.24 Å².